The molecule has 0 spiro atoms. The second-order valence-electron chi connectivity index (χ2n) is 6.89. The molecule has 0 saturated heterocycles. The Morgan fingerprint density at radius 2 is 2.11 bits per heavy atom. The van der Waals surface area contributed by atoms with E-state index in [0.717, 1.165) is 44.9 Å². The normalized spacial score (nSPS) is 19.3. The summed E-state index contributed by atoms with van der Waals surface area (Å²) in [5.41, 5.74) is 1.67. The van der Waals surface area contributed by atoms with Crippen LogP contribution in [0.1, 0.15) is 30.7 Å². The van der Waals surface area contributed by atoms with Crippen molar-refractivity contribution >= 4 is 33.3 Å². The fourth-order valence-corrected chi connectivity index (χ4v) is 5.13. The Morgan fingerprint density at radius 1 is 1.37 bits per heavy atom. The minimum atomic E-state index is -0.226. The van der Waals surface area contributed by atoms with Gasteiger partial charge in [0.1, 0.15) is 10.6 Å². The van der Waals surface area contributed by atoms with Crippen LogP contribution in [0.2, 0.25) is 0 Å². The van der Waals surface area contributed by atoms with Crippen molar-refractivity contribution in [3.63, 3.8) is 0 Å². The van der Waals surface area contributed by atoms with E-state index >= 15 is 0 Å². The average Bonchev–Trinajstić information content (AvgIpc) is 3.05. The van der Waals surface area contributed by atoms with Crippen molar-refractivity contribution in [1.29, 1.82) is 0 Å². The molecule has 0 amide bonds. The van der Waals surface area contributed by atoms with Gasteiger partial charge in [-0.1, -0.05) is 18.7 Å². The van der Waals surface area contributed by atoms with Gasteiger partial charge in [0.15, 0.2) is 5.16 Å². The van der Waals surface area contributed by atoms with E-state index in [4.69, 9.17) is 14.5 Å². The summed E-state index contributed by atoms with van der Waals surface area (Å²) >= 11 is 3.06. The van der Waals surface area contributed by atoms with Crippen LogP contribution >= 0.6 is 23.1 Å². The Balaban J connectivity index is 1.95. The van der Waals surface area contributed by atoms with E-state index in [1.807, 2.05) is 30.5 Å². The van der Waals surface area contributed by atoms with Gasteiger partial charge in [0, 0.05) is 11.3 Å². The molecule has 0 radical (unpaired) electrons. The van der Waals surface area contributed by atoms with Gasteiger partial charge in [-0.2, -0.15) is 0 Å². The van der Waals surface area contributed by atoms with E-state index in [1.54, 1.807) is 23.0 Å². The lowest BCUT2D eigenvalue weighted by molar-refractivity contribution is -0.0543. The molecule has 7 heteroatoms. The van der Waals surface area contributed by atoms with Gasteiger partial charge in [0.2, 0.25) is 0 Å². The lowest BCUT2D eigenvalue weighted by atomic mass is 9.90. The molecule has 3 aromatic rings. The number of methoxy groups -OCH3 is 1. The standard InChI is InChI=1S/C20H22N2O3S2/c1-5-20(2)10-14-15(11-25-20)27-17-16(14)18(23)22(19(21-17)26-4)12-6-8-13(24-3)9-7-12/h6-9H,5,10-11H2,1-4H3/t20-/m1/s1. The van der Waals surface area contributed by atoms with Crippen LogP contribution in [0, 0.1) is 0 Å². The number of hydrogen-bond acceptors (Lipinski definition) is 6. The second-order valence-corrected chi connectivity index (χ2v) is 8.75. The number of thioether (sulfide) groups is 1. The average molecular weight is 403 g/mol. The lowest BCUT2D eigenvalue weighted by Gasteiger charge is -2.32. The molecule has 2 aromatic heterocycles. The molecule has 1 aliphatic heterocycles. The Bertz CT molecular complexity index is 1060. The smallest absolute Gasteiger partial charge is 0.267 e. The summed E-state index contributed by atoms with van der Waals surface area (Å²) in [5, 5.41) is 1.43. The van der Waals surface area contributed by atoms with Crippen molar-refractivity contribution in [1.82, 2.24) is 9.55 Å². The van der Waals surface area contributed by atoms with Gasteiger partial charge < -0.3 is 9.47 Å². The van der Waals surface area contributed by atoms with Crippen molar-refractivity contribution < 1.29 is 9.47 Å². The highest BCUT2D eigenvalue weighted by Crippen LogP contribution is 2.39. The summed E-state index contributed by atoms with van der Waals surface area (Å²) in [5.74, 6) is 0.760. The third-order valence-corrected chi connectivity index (χ3v) is 6.98. The molecule has 142 valence electrons. The van der Waals surface area contributed by atoms with Crippen LogP contribution in [0.4, 0.5) is 0 Å². The topological polar surface area (TPSA) is 53.4 Å². The first-order chi connectivity index (χ1) is 13.0. The molecule has 0 aliphatic carbocycles. The zero-order chi connectivity index (χ0) is 19.2. The van der Waals surface area contributed by atoms with Crippen molar-refractivity contribution in [2.24, 2.45) is 0 Å². The fraction of sp³-hybridized carbons (Fsp3) is 0.400. The van der Waals surface area contributed by atoms with E-state index < -0.39 is 0 Å². The summed E-state index contributed by atoms with van der Waals surface area (Å²) in [6.45, 7) is 4.79. The van der Waals surface area contributed by atoms with Crippen LogP contribution in [0.3, 0.4) is 0 Å². The van der Waals surface area contributed by atoms with Crippen LogP contribution in [0.5, 0.6) is 5.75 Å². The van der Waals surface area contributed by atoms with Crippen LogP contribution in [-0.2, 0) is 17.8 Å². The summed E-state index contributed by atoms with van der Waals surface area (Å²) in [7, 11) is 1.63. The maximum Gasteiger partial charge on any atom is 0.267 e. The lowest BCUT2D eigenvalue weighted by Crippen LogP contribution is -2.34. The molecule has 0 fully saturated rings. The minimum Gasteiger partial charge on any atom is -0.497 e. The van der Waals surface area contributed by atoms with Gasteiger partial charge in [-0.3, -0.25) is 9.36 Å². The molecule has 0 saturated carbocycles. The number of thiophene rings is 1. The van der Waals surface area contributed by atoms with Crippen molar-refractivity contribution in [3.05, 3.63) is 45.1 Å². The highest BCUT2D eigenvalue weighted by Gasteiger charge is 2.33. The molecule has 3 heterocycles. The molecule has 1 aromatic carbocycles. The van der Waals surface area contributed by atoms with Crippen molar-refractivity contribution in [3.8, 4) is 11.4 Å². The van der Waals surface area contributed by atoms with Gasteiger partial charge >= 0.3 is 0 Å². The third-order valence-electron chi connectivity index (χ3n) is 5.24. The van der Waals surface area contributed by atoms with Crippen molar-refractivity contribution in [2.45, 2.75) is 44.1 Å². The predicted octanol–water partition coefficient (Wildman–Crippen LogP) is 4.42. The number of hydrogen-bond donors (Lipinski definition) is 0. The first kappa shape index (κ1) is 18.5. The zero-order valence-corrected chi connectivity index (χ0v) is 17.5. The highest BCUT2D eigenvalue weighted by molar-refractivity contribution is 7.98. The first-order valence-corrected chi connectivity index (χ1v) is 10.9. The molecule has 5 nitrogen and oxygen atoms in total. The molecule has 4 rings (SSSR count). The molecular weight excluding hydrogens is 380 g/mol. The van der Waals surface area contributed by atoms with Gasteiger partial charge in [0.05, 0.1) is 30.4 Å². The number of fused-ring (bicyclic) bond motifs is 3. The Kier molecular flexibility index (Phi) is 4.78. The van der Waals surface area contributed by atoms with Gasteiger partial charge in [0.25, 0.3) is 5.56 Å². The van der Waals surface area contributed by atoms with E-state index in [1.165, 1.54) is 11.8 Å². The number of aromatic nitrogens is 2. The van der Waals surface area contributed by atoms with E-state index in [0.29, 0.717) is 11.8 Å². The third kappa shape index (κ3) is 3.07. The van der Waals surface area contributed by atoms with E-state index in [2.05, 4.69) is 13.8 Å². The highest BCUT2D eigenvalue weighted by atomic mass is 32.2. The molecular formula is C20H22N2O3S2. The number of benzene rings is 1. The second kappa shape index (κ2) is 6.96. The number of nitrogens with zero attached hydrogens (tertiary/aromatic N) is 2. The summed E-state index contributed by atoms with van der Waals surface area (Å²) in [6.07, 6.45) is 3.60. The molecule has 1 aliphatic rings. The molecule has 0 bridgehead atoms. The predicted molar refractivity (Wildman–Crippen MR) is 111 cm³/mol. The largest absolute Gasteiger partial charge is 0.497 e. The number of ether oxygens (including phenoxy) is 2. The van der Waals surface area contributed by atoms with Crippen LogP contribution in [-0.4, -0.2) is 28.5 Å². The van der Waals surface area contributed by atoms with Gasteiger partial charge in [-0.25, -0.2) is 4.98 Å². The van der Waals surface area contributed by atoms with Crippen molar-refractivity contribution in [2.75, 3.05) is 13.4 Å². The maximum absolute atomic E-state index is 13.5. The first-order valence-electron chi connectivity index (χ1n) is 8.89. The zero-order valence-electron chi connectivity index (χ0n) is 15.9. The Hall–Kier alpha value is -1.83. The quantitative estimate of drug-likeness (QED) is 0.478. The van der Waals surface area contributed by atoms with Crippen LogP contribution in [0.25, 0.3) is 15.9 Å². The van der Waals surface area contributed by atoms with Gasteiger partial charge in [-0.05, 0) is 49.4 Å². The van der Waals surface area contributed by atoms with Crippen LogP contribution in [0.15, 0.2) is 34.2 Å². The van der Waals surface area contributed by atoms with E-state index in [9.17, 15) is 4.79 Å². The summed E-state index contributed by atoms with van der Waals surface area (Å²) in [6, 6.07) is 7.51. The fourth-order valence-electron chi connectivity index (χ4n) is 3.42. The summed E-state index contributed by atoms with van der Waals surface area (Å²) in [4.78, 5) is 20.3. The minimum absolute atomic E-state index is 0.00706. The van der Waals surface area contributed by atoms with E-state index in [-0.39, 0.29) is 11.2 Å². The maximum atomic E-state index is 13.5. The monoisotopic (exact) mass is 402 g/mol. The number of rotatable bonds is 4. The summed E-state index contributed by atoms with van der Waals surface area (Å²) < 4.78 is 13.0. The molecule has 27 heavy (non-hydrogen) atoms. The SMILES string of the molecule is CC[C@]1(C)Cc2c(sc3nc(SC)n(-c4ccc(OC)cc4)c(=O)c23)CO1. The Labute approximate surface area is 166 Å². The molecule has 0 unspecified atom stereocenters. The van der Waals surface area contributed by atoms with Gasteiger partial charge in [-0.15, -0.1) is 11.3 Å². The molecule has 1 atom stereocenters. The Morgan fingerprint density at radius 3 is 2.74 bits per heavy atom. The van der Waals surface area contributed by atoms with Crippen LogP contribution < -0.4 is 10.3 Å². The molecule has 0 N–H and O–H groups in total.